The molecule has 0 N–H and O–H groups in total. The molecule has 9 heteroatoms. The highest BCUT2D eigenvalue weighted by molar-refractivity contribution is 5.96. The molecule has 5 rings (SSSR count). The number of amides is 1. The Balaban J connectivity index is 1.31. The summed E-state index contributed by atoms with van der Waals surface area (Å²) in [7, 11) is 1.85. The first-order valence-corrected chi connectivity index (χ1v) is 9.77. The molecule has 1 amide bonds. The van der Waals surface area contributed by atoms with Crippen LogP contribution in [0.1, 0.15) is 40.8 Å². The van der Waals surface area contributed by atoms with Crippen LogP contribution in [0.25, 0.3) is 11.0 Å². The number of carbonyl (C=O) groups excluding carboxylic acids is 1. The molecule has 0 radical (unpaired) electrons. The van der Waals surface area contributed by atoms with Crippen molar-refractivity contribution >= 4 is 16.9 Å². The molecule has 2 aliphatic heterocycles. The predicted molar refractivity (Wildman–Crippen MR) is 101 cm³/mol. The molecule has 0 aromatic carbocycles. The summed E-state index contributed by atoms with van der Waals surface area (Å²) in [4.78, 5) is 24.0. The molecule has 0 unspecified atom stereocenters. The minimum absolute atomic E-state index is 0.00833. The molecule has 3 aromatic heterocycles. The Labute approximate surface area is 162 Å². The summed E-state index contributed by atoms with van der Waals surface area (Å²) in [5.74, 6) is 2.29. The maximum absolute atomic E-state index is 13.0. The van der Waals surface area contributed by atoms with Gasteiger partial charge in [-0.25, -0.2) is 9.67 Å². The van der Waals surface area contributed by atoms with Crippen LogP contribution in [-0.4, -0.2) is 66.6 Å². The molecule has 5 heterocycles. The van der Waals surface area contributed by atoms with Gasteiger partial charge in [0.2, 0.25) is 0 Å². The topological polar surface area (TPSA) is 91.0 Å². The van der Waals surface area contributed by atoms with Crippen LogP contribution in [0.3, 0.4) is 0 Å². The van der Waals surface area contributed by atoms with Gasteiger partial charge in [0.1, 0.15) is 11.3 Å². The minimum Gasteiger partial charge on any atom is -0.381 e. The smallest absolute Gasteiger partial charge is 0.255 e. The van der Waals surface area contributed by atoms with Gasteiger partial charge in [0.25, 0.3) is 5.91 Å². The zero-order valence-corrected chi connectivity index (χ0v) is 15.9. The van der Waals surface area contributed by atoms with Gasteiger partial charge in [0.05, 0.1) is 23.8 Å². The van der Waals surface area contributed by atoms with Crippen LogP contribution in [0, 0.1) is 0 Å². The van der Waals surface area contributed by atoms with Crippen LogP contribution in [0.5, 0.6) is 0 Å². The fourth-order valence-electron chi connectivity index (χ4n) is 3.98. The van der Waals surface area contributed by atoms with Gasteiger partial charge in [-0.05, 0) is 18.9 Å². The van der Waals surface area contributed by atoms with Crippen LogP contribution >= 0.6 is 0 Å². The van der Waals surface area contributed by atoms with E-state index in [1.165, 1.54) is 0 Å². The second kappa shape index (κ2) is 6.97. The largest absolute Gasteiger partial charge is 0.381 e. The number of aromatic nitrogens is 6. The van der Waals surface area contributed by atoms with Crippen molar-refractivity contribution in [2.24, 2.45) is 7.05 Å². The lowest BCUT2D eigenvalue weighted by molar-refractivity contribution is 0.0756. The van der Waals surface area contributed by atoms with Crippen LogP contribution < -0.4 is 0 Å². The van der Waals surface area contributed by atoms with Gasteiger partial charge in [-0.3, -0.25) is 14.5 Å². The second-order valence-corrected chi connectivity index (χ2v) is 7.43. The van der Waals surface area contributed by atoms with Gasteiger partial charge in [-0.1, -0.05) is 0 Å². The summed E-state index contributed by atoms with van der Waals surface area (Å²) in [6.07, 6.45) is 6.02. The Morgan fingerprint density at radius 1 is 1.18 bits per heavy atom. The van der Waals surface area contributed by atoms with Crippen molar-refractivity contribution in [2.45, 2.75) is 31.7 Å². The van der Waals surface area contributed by atoms with Crippen molar-refractivity contribution < 1.29 is 9.53 Å². The molecule has 0 aliphatic carbocycles. The summed E-state index contributed by atoms with van der Waals surface area (Å²) < 4.78 is 9.15. The minimum atomic E-state index is -0.00833. The first kappa shape index (κ1) is 17.3. The van der Waals surface area contributed by atoms with E-state index in [4.69, 9.17) is 14.8 Å². The number of hydrogen-bond donors (Lipinski definition) is 0. The molecule has 0 spiro atoms. The predicted octanol–water partition coefficient (Wildman–Crippen LogP) is 1.15. The molecule has 0 atom stereocenters. The van der Waals surface area contributed by atoms with Crippen LogP contribution in [-0.2, 0) is 24.8 Å². The monoisotopic (exact) mass is 381 g/mol. The van der Waals surface area contributed by atoms with Crippen molar-refractivity contribution in [1.29, 1.82) is 0 Å². The maximum atomic E-state index is 13.0. The molecule has 2 aliphatic rings. The highest BCUT2D eigenvalue weighted by Crippen LogP contribution is 2.25. The third-order valence-corrected chi connectivity index (χ3v) is 5.67. The fourth-order valence-corrected chi connectivity index (χ4v) is 3.98. The number of pyridine rings is 1. The molecular formula is C19H23N7O2. The molecule has 28 heavy (non-hydrogen) atoms. The summed E-state index contributed by atoms with van der Waals surface area (Å²) in [5.41, 5.74) is 2.24. The van der Waals surface area contributed by atoms with E-state index in [0.717, 1.165) is 48.7 Å². The van der Waals surface area contributed by atoms with E-state index in [0.29, 0.717) is 37.5 Å². The number of rotatable bonds is 2. The Morgan fingerprint density at radius 3 is 2.89 bits per heavy atom. The highest BCUT2D eigenvalue weighted by Gasteiger charge is 2.25. The SMILES string of the molecule is Cn1ncc2ncc(C(=O)N3CCc4nc(C5CCOCC5)nn4CC3)cc21. The van der Waals surface area contributed by atoms with E-state index in [9.17, 15) is 4.79 Å². The van der Waals surface area contributed by atoms with Gasteiger partial charge in [-0.15, -0.1) is 0 Å². The van der Waals surface area contributed by atoms with Gasteiger partial charge in [0, 0.05) is 51.9 Å². The summed E-state index contributed by atoms with van der Waals surface area (Å²) >= 11 is 0. The Morgan fingerprint density at radius 2 is 2.04 bits per heavy atom. The van der Waals surface area contributed by atoms with Crippen LogP contribution in [0.2, 0.25) is 0 Å². The average molecular weight is 381 g/mol. The fraction of sp³-hybridized carbons (Fsp3) is 0.526. The number of aryl methyl sites for hydroxylation is 1. The Bertz CT molecular complexity index is 993. The van der Waals surface area contributed by atoms with E-state index >= 15 is 0 Å². The van der Waals surface area contributed by atoms with Crippen molar-refractivity contribution in [3.63, 3.8) is 0 Å². The summed E-state index contributed by atoms with van der Waals surface area (Å²) in [6.45, 7) is 3.48. The molecule has 9 nitrogen and oxygen atoms in total. The number of fused-ring (bicyclic) bond motifs is 2. The molecular weight excluding hydrogens is 358 g/mol. The van der Waals surface area contributed by atoms with E-state index < -0.39 is 0 Å². The van der Waals surface area contributed by atoms with Gasteiger partial charge in [-0.2, -0.15) is 10.2 Å². The zero-order chi connectivity index (χ0) is 19.1. The van der Waals surface area contributed by atoms with E-state index in [-0.39, 0.29) is 5.91 Å². The molecule has 1 saturated heterocycles. The number of ether oxygens (including phenoxy) is 1. The lowest BCUT2D eigenvalue weighted by Crippen LogP contribution is -2.34. The number of carbonyl (C=O) groups is 1. The van der Waals surface area contributed by atoms with E-state index in [2.05, 4.69) is 10.1 Å². The first-order chi connectivity index (χ1) is 13.7. The quantitative estimate of drug-likeness (QED) is 0.661. The third-order valence-electron chi connectivity index (χ3n) is 5.67. The van der Waals surface area contributed by atoms with Gasteiger partial charge < -0.3 is 9.64 Å². The Hall–Kier alpha value is -2.81. The molecule has 0 saturated carbocycles. The van der Waals surface area contributed by atoms with Crippen LogP contribution in [0.15, 0.2) is 18.5 Å². The van der Waals surface area contributed by atoms with E-state index in [1.807, 2.05) is 22.7 Å². The van der Waals surface area contributed by atoms with Gasteiger partial charge in [0.15, 0.2) is 5.82 Å². The van der Waals surface area contributed by atoms with Crippen molar-refractivity contribution in [1.82, 2.24) is 34.4 Å². The first-order valence-electron chi connectivity index (χ1n) is 9.77. The molecule has 1 fully saturated rings. The number of hydrogen-bond acceptors (Lipinski definition) is 6. The zero-order valence-electron chi connectivity index (χ0n) is 15.9. The summed E-state index contributed by atoms with van der Waals surface area (Å²) in [6, 6.07) is 1.86. The lowest BCUT2D eigenvalue weighted by atomic mass is 10.00. The van der Waals surface area contributed by atoms with Crippen molar-refractivity contribution in [3.8, 4) is 0 Å². The van der Waals surface area contributed by atoms with E-state index in [1.54, 1.807) is 17.1 Å². The Kier molecular flexibility index (Phi) is 4.31. The maximum Gasteiger partial charge on any atom is 0.255 e. The van der Waals surface area contributed by atoms with Gasteiger partial charge >= 0.3 is 0 Å². The second-order valence-electron chi connectivity index (χ2n) is 7.43. The highest BCUT2D eigenvalue weighted by atomic mass is 16.5. The lowest BCUT2D eigenvalue weighted by Gasteiger charge is -2.20. The molecule has 146 valence electrons. The number of nitrogens with zero attached hydrogens (tertiary/aromatic N) is 7. The molecule has 0 bridgehead atoms. The molecule has 3 aromatic rings. The standard InChI is InChI=1S/C19H23N7O2/c1-24-16-10-14(11-20-15(16)12-21-24)19(27)25-5-2-17-22-18(23-26(17)7-6-25)13-3-8-28-9-4-13/h10-13H,2-9H2,1H3. The van der Waals surface area contributed by atoms with Crippen molar-refractivity contribution in [2.75, 3.05) is 26.3 Å². The summed E-state index contributed by atoms with van der Waals surface area (Å²) in [5, 5.41) is 8.93. The van der Waals surface area contributed by atoms with Crippen LogP contribution in [0.4, 0.5) is 0 Å². The average Bonchev–Trinajstić information content (AvgIpc) is 3.26. The third kappa shape index (κ3) is 3.05. The van der Waals surface area contributed by atoms with Crippen molar-refractivity contribution in [3.05, 3.63) is 35.7 Å². The normalized spacial score (nSPS) is 18.2.